The molecule has 0 amide bonds. The van der Waals surface area contributed by atoms with Gasteiger partial charge in [-0.25, -0.2) is 4.98 Å². The Hall–Kier alpha value is -1.25. The smallest absolute Gasteiger partial charge is 0.154 e. The van der Waals surface area contributed by atoms with Gasteiger partial charge < -0.3 is 5.32 Å². The third-order valence-corrected chi connectivity index (χ3v) is 3.78. The summed E-state index contributed by atoms with van der Waals surface area (Å²) in [7, 11) is 0. The van der Waals surface area contributed by atoms with Crippen LogP contribution in [0.15, 0.2) is 24.3 Å². The van der Waals surface area contributed by atoms with E-state index in [2.05, 4.69) is 42.3 Å². The van der Waals surface area contributed by atoms with Crippen molar-refractivity contribution >= 4 is 28.9 Å². The lowest BCUT2D eigenvalue weighted by molar-refractivity contribution is 1.09. The van der Waals surface area contributed by atoms with Gasteiger partial charge in [-0.1, -0.05) is 41.4 Å². The maximum atomic E-state index is 6.11. The zero-order valence-corrected chi connectivity index (χ0v) is 12.7. The lowest BCUT2D eigenvalue weighted by atomic mass is 10.0. The molecule has 1 N–H and O–H groups in total. The maximum absolute atomic E-state index is 6.11. The molecule has 0 aliphatic rings. The number of benzene rings is 1. The number of hydrogen-bond donors (Lipinski definition) is 1. The lowest BCUT2D eigenvalue weighted by Crippen LogP contribution is -2.05. The number of nitrogens with zero attached hydrogens (tertiary/aromatic N) is 1. The Labute approximate surface area is 123 Å². The fourth-order valence-electron chi connectivity index (χ4n) is 1.99. The highest BCUT2D eigenvalue weighted by atomic mass is 35.5. The first-order chi connectivity index (χ1) is 8.99. The van der Waals surface area contributed by atoms with Crippen LogP contribution in [0.5, 0.6) is 0 Å². The van der Waals surface area contributed by atoms with E-state index in [-0.39, 0.29) is 0 Å². The zero-order chi connectivity index (χ0) is 14.0. The molecule has 0 fully saturated rings. The minimum atomic E-state index is 0.412. The molecule has 0 saturated heterocycles. The number of anilines is 1. The molecule has 0 unspecified atom stereocenters. The Morgan fingerprint density at radius 3 is 2.53 bits per heavy atom. The minimum Gasteiger partial charge on any atom is -0.378 e. The number of halogens is 2. The van der Waals surface area contributed by atoms with E-state index < -0.39 is 0 Å². The van der Waals surface area contributed by atoms with Gasteiger partial charge in [-0.15, -0.1) is 0 Å². The molecule has 0 aliphatic heterocycles. The van der Waals surface area contributed by atoms with Crippen LogP contribution in [0.2, 0.25) is 10.3 Å². The number of hydrogen-bond acceptors (Lipinski definition) is 2. The molecule has 0 atom stereocenters. The van der Waals surface area contributed by atoms with Gasteiger partial charge in [-0.05, 0) is 49.1 Å². The molecule has 1 aromatic carbocycles. The van der Waals surface area contributed by atoms with Crippen molar-refractivity contribution in [2.45, 2.75) is 27.3 Å². The third kappa shape index (κ3) is 3.20. The second-order valence-corrected chi connectivity index (χ2v) is 5.39. The van der Waals surface area contributed by atoms with Gasteiger partial charge in [0.25, 0.3) is 0 Å². The Morgan fingerprint density at radius 2 is 1.84 bits per heavy atom. The van der Waals surface area contributed by atoms with Crippen molar-refractivity contribution in [2.75, 3.05) is 5.32 Å². The van der Waals surface area contributed by atoms with Crippen molar-refractivity contribution in [3.63, 3.8) is 0 Å². The average molecular weight is 295 g/mol. The first-order valence-electron chi connectivity index (χ1n) is 6.10. The third-order valence-electron chi connectivity index (χ3n) is 3.31. The van der Waals surface area contributed by atoms with Crippen LogP contribution in [0, 0.1) is 20.8 Å². The van der Waals surface area contributed by atoms with Crippen LogP contribution in [0.1, 0.15) is 22.3 Å². The number of rotatable bonds is 3. The van der Waals surface area contributed by atoms with Gasteiger partial charge in [0.05, 0.1) is 5.69 Å². The van der Waals surface area contributed by atoms with Gasteiger partial charge in [-0.3, -0.25) is 0 Å². The number of aryl methyl sites for hydroxylation is 2. The van der Waals surface area contributed by atoms with Crippen LogP contribution in [0.3, 0.4) is 0 Å². The maximum Gasteiger partial charge on any atom is 0.154 e. The van der Waals surface area contributed by atoms with E-state index in [9.17, 15) is 0 Å². The second kappa shape index (κ2) is 5.81. The van der Waals surface area contributed by atoms with Crippen molar-refractivity contribution < 1.29 is 0 Å². The SMILES string of the molecule is Cc1cccc(CNc2c(C)cc(Cl)nc2Cl)c1C. The molecule has 2 rings (SSSR count). The van der Waals surface area contributed by atoms with Crippen LogP contribution >= 0.6 is 23.2 Å². The molecule has 19 heavy (non-hydrogen) atoms. The summed E-state index contributed by atoms with van der Waals surface area (Å²) >= 11 is 12.0. The van der Waals surface area contributed by atoms with E-state index in [1.54, 1.807) is 6.07 Å². The van der Waals surface area contributed by atoms with Crippen molar-refractivity contribution in [2.24, 2.45) is 0 Å². The largest absolute Gasteiger partial charge is 0.378 e. The van der Waals surface area contributed by atoms with Crippen molar-refractivity contribution in [3.8, 4) is 0 Å². The Kier molecular flexibility index (Phi) is 4.33. The predicted octanol–water partition coefficient (Wildman–Crippen LogP) is 4.93. The standard InChI is InChI=1S/C15H16Cl2N2/c1-9-5-4-6-12(11(9)3)8-18-14-10(2)7-13(16)19-15(14)17/h4-7,18H,8H2,1-3H3. The molecule has 1 heterocycles. The van der Waals surface area contributed by atoms with Gasteiger partial charge >= 0.3 is 0 Å². The molecular weight excluding hydrogens is 279 g/mol. The van der Waals surface area contributed by atoms with Gasteiger partial charge in [0, 0.05) is 6.54 Å². The van der Waals surface area contributed by atoms with Crippen molar-refractivity contribution in [1.82, 2.24) is 4.98 Å². The minimum absolute atomic E-state index is 0.412. The summed E-state index contributed by atoms with van der Waals surface area (Å²) in [6, 6.07) is 8.09. The monoisotopic (exact) mass is 294 g/mol. The topological polar surface area (TPSA) is 24.9 Å². The van der Waals surface area contributed by atoms with E-state index in [1.165, 1.54) is 16.7 Å². The Balaban J connectivity index is 2.22. The van der Waals surface area contributed by atoms with Crippen LogP contribution in [0.4, 0.5) is 5.69 Å². The molecule has 2 aromatic rings. The molecule has 1 aromatic heterocycles. The van der Waals surface area contributed by atoms with Crippen LogP contribution < -0.4 is 5.32 Å². The summed E-state index contributed by atoms with van der Waals surface area (Å²) < 4.78 is 0. The summed E-state index contributed by atoms with van der Waals surface area (Å²) in [5.41, 5.74) is 5.68. The van der Waals surface area contributed by atoms with Gasteiger partial charge in [-0.2, -0.15) is 0 Å². The van der Waals surface area contributed by atoms with E-state index in [0.717, 1.165) is 17.8 Å². The van der Waals surface area contributed by atoms with Crippen molar-refractivity contribution in [1.29, 1.82) is 0 Å². The molecule has 0 saturated carbocycles. The Morgan fingerprint density at radius 1 is 1.11 bits per heavy atom. The molecule has 0 radical (unpaired) electrons. The summed E-state index contributed by atoms with van der Waals surface area (Å²) in [6.07, 6.45) is 0. The fraction of sp³-hybridized carbons (Fsp3) is 0.267. The van der Waals surface area contributed by atoms with Gasteiger partial charge in [0.1, 0.15) is 5.15 Å². The first kappa shape index (κ1) is 14.2. The molecule has 0 aliphatic carbocycles. The molecule has 0 spiro atoms. The quantitative estimate of drug-likeness (QED) is 0.812. The zero-order valence-electron chi connectivity index (χ0n) is 11.2. The van der Waals surface area contributed by atoms with Gasteiger partial charge in [0.15, 0.2) is 5.15 Å². The molecule has 2 nitrogen and oxygen atoms in total. The molecule has 100 valence electrons. The Bertz CT molecular complexity index is 586. The number of aromatic nitrogens is 1. The van der Waals surface area contributed by atoms with Crippen LogP contribution in [0.25, 0.3) is 0 Å². The summed E-state index contributed by atoms with van der Waals surface area (Å²) in [5.74, 6) is 0. The van der Waals surface area contributed by atoms with Crippen LogP contribution in [-0.2, 0) is 6.54 Å². The summed E-state index contributed by atoms with van der Waals surface area (Å²) in [5, 5.41) is 4.17. The van der Waals surface area contributed by atoms with E-state index in [0.29, 0.717) is 10.3 Å². The fourth-order valence-corrected chi connectivity index (χ4v) is 2.59. The first-order valence-corrected chi connectivity index (χ1v) is 6.86. The highest BCUT2D eigenvalue weighted by Crippen LogP contribution is 2.27. The number of pyridine rings is 1. The summed E-state index contributed by atoms with van der Waals surface area (Å²) in [4.78, 5) is 4.06. The highest BCUT2D eigenvalue weighted by molar-refractivity contribution is 6.34. The second-order valence-electron chi connectivity index (χ2n) is 4.64. The highest BCUT2D eigenvalue weighted by Gasteiger charge is 2.08. The molecule has 4 heteroatoms. The van der Waals surface area contributed by atoms with E-state index in [1.807, 2.05) is 6.92 Å². The molecular formula is C15H16Cl2N2. The van der Waals surface area contributed by atoms with E-state index >= 15 is 0 Å². The van der Waals surface area contributed by atoms with E-state index in [4.69, 9.17) is 23.2 Å². The normalized spacial score (nSPS) is 10.6. The van der Waals surface area contributed by atoms with Gasteiger partial charge in [0.2, 0.25) is 0 Å². The predicted molar refractivity (Wildman–Crippen MR) is 82.2 cm³/mol. The average Bonchev–Trinajstić information content (AvgIpc) is 2.33. The van der Waals surface area contributed by atoms with Crippen molar-refractivity contribution in [3.05, 3.63) is 56.8 Å². The lowest BCUT2D eigenvalue weighted by Gasteiger charge is -2.13. The number of nitrogens with one attached hydrogen (secondary N) is 1. The summed E-state index contributed by atoms with van der Waals surface area (Å²) in [6.45, 7) is 6.92. The molecule has 0 bridgehead atoms. The van der Waals surface area contributed by atoms with Crippen LogP contribution in [-0.4, -0.2) is 4.98 Å².